The Kier molecular flexibility index (Phi) is 15.4. The number of fused-ring (bicyclic) bond motifs is 1. The van der Waals surface area contributed by atoms with Crippen LogP contribution in [0.25, 0.3) is 11.0 Å². The summed E-state index contributed by atoms with van der Waals surface area (Å²) >= 11 is 0. The Morgan fingerprint density at radius 2 is 1.52 bits per heavy atom. The van der Waals surface area contributed by atoms with Gasteiger partial charge in [0.25, 0.3) is 5.91 Å². The van der Waals surface area contributed by atoms with Crippen molar-refractivity contribution >= 4 is 16.9 Å². The van der Waals surface area contributed by atoms with Crippen molar-refractivity contribution in [3.05, 3.63) is 47.9 Å². The minimum Gasteiger partial charge on any atom is -0.464 e. The molecule has 0 radical (unpaired) electrons. The van der Waals surface area contributed by atoms with Gasteiger partial charge < -0.3 is 52.3 Å². The zero-order valence-corrected chi connectivity index (χ0v) is 25.7. The van der Waals surface area contributed by atoms with E-state index in [0.29, 0.717) is 98.8 Å². The predicted octanol–water partition coefficient (Wildman–Crippen LogP) is 2.73. The van der Waals surface area contributed by atoms with E-state index in [1.807, 2.05) is 37.3 Å². The minimum absolute atomic E-state index is 0.0232. The second-order valence-electron chi connectivity index (χ2n) is 10.3. The average Bonchev–Trinajstić information content (AvgIpc) is 3.47. The van der Waals surface area contributed by atoms with Gasteiger partial charge in [-0.1, -0.05) is 18.2 Å². The highest BCUT2D eigenvalue weighted by Crippen LogP contribution is 2.42. The molecule has 0 bridgehead atoms. The zero-order chi connectivity index (χ0) is 30.8. The average molecular weight is 622 g/mol. The molecule has 3 heterocycles. The maximum absolute atomic E-state index is 14.0. The van der Waals surface area contributed by atoms with Gasteiger partial charge in [0.1, 0.15) is 5.58 Å². The number of furan rings is 1. The quantitative estimate of drug-likeness (QED) is 0.352. The highest BCUT2D eigenvalue weighted by Gasteiger charge is 2.40. The first-order valence-electron chi connectivity index (χ1n) is 15.6. The molecule has 1 fully saturated rings. The van der Waals surface area contributed by atoms with Gasteiger partial charge >= 0.3 is 0 Å². The molecule has 0 aliphatic carbocycles. The van der Waals surface area contributed by atoms with E-state index < -0.39 is 6.29 Å². The first-order chi connectivity index (χ1) is 21.7. The molecular formula is C32H47NO11. The van der Waals surface area contributed by atoms with E-state index in [9.17, 15) is 4.79 Å². The number of para-hydroxylation sites is 1. The van der Waals surface area contributed by atoms with Gasteiger partial charge in [-0.05, 0) is 25.5 Å². The minimum atomic E-state index is -0.679. The molecule has 0 spiro atoms. The topological polar surface area (TPSA) is 128 Å². The molecule has 2 aromatic rings. The van der Waals surface area contributed by atoms with E-state index in [4.69, 9.17) is 47.4 Å². The first kappa shape index (κ1) is 34.3. The summed E-state index contributed by atoms with van der Waals surface area (Å²) in [5, 5.41) is 9.88. The van der Waals surface area contributed by atoms with Crippen LogP contribution in [0.1, 0.15) is 24.8 Å². The molecule has 1 N–H and O–H groups in total. The van der Waals surface area contributed by atoms with E-state index in [1.54, 1.807) is 11.2 Å². The molecule has 0 unspecified atom stereocenters. The Morgan fingerprint density at radius 3 is 2.18 bits per heavy atom. The smallest absolute Gasteiger partial charge is 0.288 e. The number of rotatable bonds is 12. The molecule has 1 aromatic carbocycles. The highest BCUT2D eigenvalue weighted by molar-refractivity contribution is 5.92. The number of hydrogen-bond acceptors (Lipinski definition) is 11. The van der Waals surface area contributed by atoms with E-state index >= 15 is 0 Å². The third-order valence-electron chi connectivity index (χ3n) is 7.41. The molecule has 12 nitrogen and oxygen atoms in total. The summed E-state index contributed by atoms with van der Waals surface area (Å²) in [4.78, 5) is 15.7. The molecule has 3 atom stereocenters. The molecule has 4 rings (SSSR count). The molecule has 0 saturated carbocycles. The predicted molar refractivity (Wildman–Crippen MR) is 160 cm³/mol. The Labute approximate surface area is 259 Å². The number of nitrogens with zero attached hydrogens (tertiary/aromatic N) is 1. The van der Waals surface area contributed by atoms with Gasteiger partial charge in [0.05, 0.1) is 85.5 Å². The summed E-state index contributed by atoms with van der Waals surface area (Å²) in [6, 6.07) is 7.85. The summed E-state index contributed by atoms with van der Waals surface area (Å²) in [7, 11) is 0. The summed E-state index contributed by atoms with van der Waals surface area (Å²) in [6.45, 7) is 8.03. The van der Waals surface area contributed by atoms with Gasteiger partial charge in [-0.3, -0.25) is 4.79 Å². The monoisotopic (exact) mass is 621 g/mol. The van der Waals surface area contributed by atoms with E-state index in [1.165, 1.54) is 0 Å². The zero-order valence-electron chi connectivity index (χ0n) is 25.7. The number of ether oxygens (including phenoxy) is 8. The van der Waals surface area contributed by atoms with Crippen molar-refractivity contribution in [1.29, 1.82) is 0 Å². The van der Waals surface area contributed by atoms with Crippen LogP contribution in [0.2, 0.25) is 0 Å². The van der Waals surface area contributed by atoms with Gasteiger partial charge in [0.2, 0.25) is 6.29 Å². The number of amides is 1. The lowest BCUT2D eigenvalue weighted by atomic mass is 9.81. The van der Waals surface area contributed by atoms with Crippen molar-refractivity contribution in [1.82, 2.24) is 4.90 Å². The first-order valence-corrected chi connectivity index (χ1v) is 15.6. The normalized spacial score (nSPS) is 23.0. The van der Waals surface area contributed by atoms with Crippen molar-refractivity contribution in [3.63, 3.8) is 0 Å². The Bertz CT molecular complexity index is 1110. The van der Waals surface area contributed by atoms with Crippen LogP contribution >= 0.6 is 0 Å². The standard InChI is InChI=1S/C32H47NO11/c1-2-42-32-26(7-11-36-15-18-39-14-10-34)27(28-24-43-29-6-4-3-5-25(28)29)23-30(44-32)31(35)33-8-12-37-16-19-40-21-22-41-20-17-38-13-9-33/h3-6,23-24,26-27,32,34H,2,7-22H2,1H3/t26-,27+,32-/m1/s1. The van der Waals surface area contributed by atoms with Gasteiger partial charge in [-0.25, -0.2) is 0 Å². The summed E-state index contributed by atoms with van der Waals surface area (Å²) in [5.74, 6) is -0.423. The van der Waals surface area contributed by atoms with Gasteiger partial charge in [0, 0.05) is 49.1 Å². The number of hydrogen-bond donors (Lipinski definition) is 1. The lowest BCUT2D eigenvalue weighted by molar-refractivity contribution is -0.172. The number of carbonyl (C=O) groups excluding carboxylic acids is 1. The molecule has 44 heavy (non-hydrogen) atoms. The van der Waals surface area contributed by atoms with E-state index in [-0.39, 0.29) is 36.7 Å². The number of allylic oxidation sites excluding steroid dienone is 1. The van der Waals surface area contributed by atoms with Gasteiger partial charge in [-0.15, -0.1) is 0 Å². The molecule has 12 heteroatoms. The number of benzene rings is 1. The van der Waals surface area contributed by atoms with Crippen LogP contribution in [0.5, 0.6) is 0 Å². The Morgan fingerprint density at radius 1 is 0.886 bits per heavy atom. The number of aliphatic hydroxyl groups excluding tert-OH is 1. The molecule has 2 aliphatic heterocycles. The maximum atomic E-state index is 14.0. The molecule has 2 aliphatic rings. The third kappa shape index (κ3) is 10.5. The highest BCUT2D eigenvalue weighted by atomic mass is 16.7. The number of aliphatic hydroxyl groups is 1. The van der Waals surface area contributed by atoms with Gasteiger partial charge in [0.15, 0.2) is 5.76 Å². The SMILES string of the molecule is CCO[C@@H]1OC(C(=O)N2CCOCCOCCOCCOCC2)=C[C@H](c2coc3ccccc23)[C@H]1CCOCCOCCO. The summed E-state index contributed by atoms with van der Waals surface area (Å²) in [5.41, 5.74) is 1.73. The fraction of sp³-hybridized carbons (Fsp3) is 0.656. The van der Waals surface area contributed by atoms with Crippen LogP contribution < -0.4 is 0 Å². The van der Waals surface area contributed by atoms with Gasteiger partial charge in [-0.2, -0.15) is 0 Å². The molecular weight excluding hydrogens is 574 g/mol. The largest absolute Gasteiger partial charge is 0.464 e. The molecule has 1 saturated heterocycles. The van der Waals surface area contributed by atoms with Crippen molar-refractivity contribution in [2.75, 3.05) is 106 Å². The second kappa shape index (κ2) is 19.8. The molecule has 246 valence electrons. The summed E-state index contributed by atoms with van der Waals surface area (Å²) < 4.78 is 52.0. The van der Waals surface area contributed by atoms with Crippen LogP contribution in [0.3, 0.4) is 0 Å². The van der Waals surface area contributed by atoms with Crippen molar-refractivity contribution in [2.45, 2.75) is 25.6 Å². The van der Waals surface area contributed by atoms with E-state index in [2.05, 4.69) is 0 Å². The fourth-order valence-corrected chi connectivity index (χ4v) is 5.23. The third-order valence-corrected chi connectivity index (χ3v) is 7.41. The Balaban J connectivity index is 1.54. The van der Waals surface area contributed by atoms with Crippen molar-refractivity contribution in [3.8, 4) is 0 Å². The maximum Gasteiger partial charge on any atom is 0.288 e. The summed E-state index contributed by atoms with van der Waals surface area (Å²) in [6.07, 6.45) is 3.59. The number of carbonyl (C=O) groups is 1. The lowest BCUT2D eigenvalue weighted by Gasteiger charge is -2.37. The van der Waals surface area contributed by atoms with Crippen LogP contribution in [-0.2, 0) is 42.7 Å². The fourth-order valence-electron chi connectivity index (χ4n) is 5.23. The molecule has 1 aromatic heterocycles. The Hall–Kier alpha value is -2.55. The van der Waals surface area contributed by atoms with E-state index in [0.717, 1.165) is 16.5 Å². The second-order valence-corrected chi connectivity index (χ2v) is 10.3. The van der Waals surface area contributed by atoms with Crippen LogP contribution in [0, 0.1) is 5.92 Å². The molecule has 1 amide bonds. The van der Waals surface area contributed by atoms with Crippen LogP contribution in [0.4, 0.5) is 0 Å². The lowest BCUT2D eigenvalue weighted by Crippen LogP contribution is -2.43. The van der Waals surface area contributed by atoms with Crippen LogP contribution in [0.15, 0.2) is 46.8 Å². The van der Waals surface area contributed by atoms with Crippen molar-refractivity contribution in [2.24, 2.45) is 5.92 Å². The van der Waals surface area contributed by atoms with Crippen LogP contribution in [-0.4, -0.2) is 128 Å². The van der Waals surface area contributed by atoms with Crippen molar-refractivity contribution < 1.29 is 52.2 Å².